The number of carbonyl (C=O) groups excluding carboxylic acids is 2. The summed E-state index contributed by atoms with van der Waals surface area (Å²) < 4.78 is 5.51. The maximum absolute atomic E-state index is 13.7. The fourth-order valence-electron chi connectivity index (χ4n) is 5.72. The number of piperazine rings is 1. The molecule has 2 fully saturated rings. The zero-order valence-corrected chi connectivity index (χ0v) is 24.5. The SMILES string of the molecule is CCC1=CC=CC(c2cnc(C(=O)N3CCC(CN4CCN(CC)CC4)CC3)c(NC(=O)OC(C)(C)C)c2)C1. The van der Waals surface area contributed by atoms with E-state index in [1.807, 2.05) is 31.7 Å². The van der Waals surface area contributed by atoms with Crippen LogP contribution in [0.25, 0.3) is 0 Å². The van der Waals surface area contributed by atoms with Crippen molar-refractivity contribution >= 4 is 17.7 Å². The molecule has 1 aromatic heterocycles. The van der Waals surface area contributed by atoms with E-state index in [2.05, 4.69) is 52.2 Å². The maximum Gasteiger partial charge on any atom is 0.412 e. The third-order valence-corrected chi connectivity index (χ3v) is 8.12. The zero-order chi connectivity index (χ0) is 28.0. The van der Waals surface area contributed by atoms with Crippen molar-refractivity contribution in [3.05, 3.63) is 47.3 Å². The number of hydrogen-bond acceptors (Lipinski definition) is 6. The highest BCUT2D eigenvalue weighted by Crippen LogP contribution is 2.32. The second-order valence-corrected chi connectivity index (χ2v) is 12.1. The summed E-state index contributed by atoms with van der Waals surface area (Å²) in [6, 6.07) is 1.90. The predicted octanol–water partition coefficient (Wildman–Crippen LogP) is 5.30. The number of ether oxygens (including phenoxy) is 1. The average molecular weight is 538 g/mol. The number of amides is 2. The smallest absolute Gasteiger partial charge is 0.412 e. The molecule has 8 heteroatoms. The Morgan fingerprint density at radius 3 is 2.38 bits per heavy atom. The first-order valence-corrected chi connectivity index (χ1v) is 14.7. The fourth-order valence-corrected chi connectivity index (χ4v) is 5.72. The number of nitrogens with one attached hydrogen (secondary N) is 1. The van der Waals surface area contributed by atoms with Gasteiger partial charge < -0.3 is 19.4 Å². The standard InChI is InChI=1S/C31H47N5O3/c1-6-23-9-8-10-25(19-23)26-20-27(33-30(38)39-31(3,4)5)28(32-21-26)29(37)36-13-11-24(12-14-36)22-35-17-15-34(7-2)16-18-35/h8-10,20-21,24-25H,6-7,11-19,22H2,1-5H3,(H,33,38). The van der Waals surface area contributed by atoms with Crippen molar-refractivity contribution < 1.29 is 14.3 Å². The lowest BCUT2D eigenvalue weighted by Crippen LogP contribution is -2.49. The molecule has 1 aromatic rings. The first-order chi connectivity index (χ1) is 18.6. The molecule has 39 heavy (non-hydrogen) atoms. The number of likely N-dealkylation sites (tertiary alicyclic amines) is 1. The number of rotatable bonds is 7. The predicted molar refractivity (Wildman–Crippen MR) is 156 cm³/mol. The van der Waals surface area contributed by atoms with Crippen LogP contribution in [0, 0.1) is 5.92 Å². The molecule has 1 N–H and O–H groups in total. The molecule has 0 aromatic carbocycles. The van der Waals surface area contributed by atoms with Gasteiger partial charge in [-0.25, -0.2) is 9.78 Å². The van der Waals surface area contributed by atoms with Crippen molar-refractivity contribution in [1.29, 1.82) is 0 Å². The van der Waals surface area contributed by atoms with Gasteiger partial charge in [0.05, 0.1) is 5.69 Å². The third-order valence-electron chi connectivity index (χ3n) is 8.12. The molecule has 3 aliphatic rings. The molecule has 2 saturated heterocycles. The van der Waals surface area contributed by atoms with E-state index in [4.69, 9.17) is 4.74 Å². The van der Waals surface area contributed by atoms with E-state index in [0.29, 0.717) is 24.7 Å². The molecular weight excluding hydrogens is 490 g/mol. The number of likely N-dealkylation sites (N-methyl/N-ethyl adjacent to an activating group) is 1. The Morgan fingerprint density at radius 2 is 1.74 bits per heavy atom. The van der Waals surface area contributed by atoms with Crippen molar-refractivity contribution in [3.8, 4) is 0 Å². The Kier molecular flexibility index (Phi) is 9.83. The summed E-state index contributed by atoms with van der Waals surface area (Å²) in [7, 11) is 0. The quantitative estimate of drug-likeness (QED) is 0.509. The summed E-state index contributed by atoms with van der Waals surface area (Å²) in [5.74, 6) is 0.641. The molecule has 1 atom stereocenters. The monoisotopic (exact) mass is 537 g/mol. The van der Waals surface area contributed by atoms with Crippen LogP contribution in [0.4, 0.5) is 10.5 Å². The van der Waals surface area contributed by atoms with Crippen LogP contribution >= 0.6 is 0 Å². The Hall–Kier alpha value is -2.71. The lowest BCUT2D eigenvalue weighted by Gasteiger charge is -2.38. The topological polar surface area (TPSA) is 78.0 Å². The molecule has 214 valence electrons. The number of piperidine rings is 1. The summed E-state index contributed by atoms with van der Waals surface area (Å²) in [6.45, 7) is 18.1. The highest BCUT2D eigenvalue weighted by atomic mass is 16.6. The van der Waals surface area contributed by atoms with Gasteiger partial charge >= 0.3 is 6.09 Å². The number of hydrogen-bond donors (Lipinski definition) is 1. The van der Waals surface area contributed by atoms with Crippen molar-refractivity contribution in [1.82, 2.24) is 19.7 Å². The highest BCUT2D eigenvalue weighted by Gasteiger charge is 2.29. The molecule has 3 heterocycles. The first-order valence-electron chi connectivity index (χ1n) is 14.7. The van der Waals surface area contributed by atoms with Gasteiger partial charge in [-0.05, 0) is 70.5 Å². The van der Waals surface area contributed by atoms with E-state index in [1.54, 1.807) is 6.20 Å². The third kappa shape index (κ3) is 8.15. The fraction of sp³-hybridized carbons (Fsp3) is 0.645. The van der Waals surface area contributed by atoms with Crippen molar-refractivity contribution in [2.75, 3.05) is 57.7 Å². The van der Waals surface area contributed by atoms with Crippen LogP contribution in [0.2, 0.25) is 0 Å². The molecule has 1 aliphatic carbocycles. The van der Waals surface area contributed by atoms with Gasteiger partial charge in [0.25, 0.3) is 5.91 Å². The van der Waals surface area contributed by atoms with Crippen LogP contribution in [0.3, 0.4) is 0 Å². The number of carbonyl (C=O) groups is 2. The second-order valence-electron chi connectivity index (χ2n) is 12.1. The number of allylic oxidation sites excluding steroid dienone is 4. The normalized spacial score (nSPS) is 21.5. The van der Waals surface area contributed by atoms with Gasteiger partial charge in [0.2, 0.25) is 0 Å². The molecule has 2 aliphatic heterocycles. The van der Waals surface area contributed by atoms with E-state index in [0.717, 1.165) is 70.5 Å². The summed E-state index contributed by atoms with van der Waals surface area (Å²) in [6.07, 6.45) is 11.5. The molecule has 4 rings (SSSR count). The summed E-state index contributed by atoms with van der Waals surface area (Å²) in [4.78, 5) is 38.0. The zero-order valence-electron chi connectivity index (χ0n) is 24.5. The van der Waals surface area contributed by atoms with Crippen molar-refractivity contribution in [2.24, 2.45) is 5.92 Å². The van der Waals surface area contributed by atoms with Gasteiger partial charge in [-0.15, -0.1) is 0 Å². The van der Waals surface area contributed by atoms with Crippen LogP contribution in [0.5, 0.6) is 0 Å². The largest absolute Gasteiger partial charge is 0.444 e. The Labute approximate surface area is 234 Å². The molecule has 0 radical (unpaired) electrons. The van der Waals surface area contributed by atoms with Crippen molar-refractivity contribution in [2.45, 2.75) is 71.8 Å². The molecule has 1 unspecified atom stereocenters. The van der Waals surface area contributed by atoms with Crippen molar-refractivity contribution in [3.63, 3.8) is 0 Å². The van der Waals surface area contributed by atoms with Gasteiger partial charge in [0.15, 0.2) is 5.69 Å². The Bertz CT molecular complexity index is 1060. The number of aromatic nitrogens is 1. The summed E-state index contributed by atoms with van der Waals surface area (Å²) in [5.41, 5.74) is 2.42. The lowest BCUT2D eigenvalue weighted by molar-refractivity contribution is 0.0630. The van der Waals surface area contributed by atoms with Gasteiger partial charge in [0.1, 0.15) is 5.60 Å². The second kappa shape index (κ2) is 13.1. The Balaban J connectivity index is 1.43. The number of pyridine rings is 1. The minimum absolute atomic E-state index is 0.129. The van der Waals surface area contributed by atoms with Crippen LogP contribution in [0.15, 0.2) is 36.1 Å². The number of nitrogens with zero attached hydrogens (tertiary/aromatic N) is 4. The van der Waals surface area contributed by atoms with Crippen LogP contribution in [0.1, 0.15) is 82.3 Å². The van der Waals surface area contributed by atoms with E-state index < -0.39 is 11.7 Å². The molecule has 0 spiro atoms. The molecule has 0 bridgehead atoms. The Morgan fingerprint density at radius 1 is 1.05 bits per heavy atom. The summed E-state index contributed by atoms with van der Waals surface area (Å²) >= 11 is 0. The summed E-state index contributed by atoms with van der Waals surface area (Å²) in [5, 5.41) is 2.84. The highest BCUT2D eigenvalue weighted by molar-refractivity contribution is 6.01. The number of anilines is 1. The van der Waals surface area contributed by atoms with Crippen LogP contribution < -0.4 is 5.32 Å². The lowest BCUT2D eigenvalue weighted by atomic mass is 9.88. The van der Waals surface area contributed by atoms with Gasteiger partial charge in [-0.1, -0.05) is 37.6 Å². The molecule has 0 saturated carbocycles. The van der Waals surface area contributed by atoms with Gasteiger partial charge in [-0.3, -0.25) is 10.1 Å². The van der Waals surface area contributed by atoms with Crippen LogP contribution in [-0.4, -0.2) is 89.6 Å². The maximum atomic E-state index is 13.7. The van der Waals surface area contributed by atoms with E-state index in [9.17, 15) is 9.59 Å². The molecular formula is C31H47N5O3. The van der Waals surface area contributed by atoms with E-state index in [1.165, 1.54) is 5.57 Å². The van der Waals surface area contributed by atoms with E-state index in [-0.39, 0.29) is 17.5 Å². The van der Waals surface area contributed by atoms with Gasteiger partial charge in [0, 0.05) is 57.9 Å². The van der Waals surface area contributed by atoms with Crippen LogP contribution in [-0.2, 0) is 4.74 Å². The van der Waals surface area contributed by atoms with Gasteiger partial charge in [-0.2, -0.15) is 0 Å². The minimum atomic E-state index is -0.642. The first kappa shape index (κ1) is 29.3. The minimum Gasteiger partial charge on any atom is -0.444 e. The molecule has 8 nitrogen and oxygen atoms in total. The average Bonchev–Trinajstić information content (AvgIpc) is 2.92. The molecule has 2 amide bonds. The van der Waals surface area contributed by atoms with E-state index >= 15 is 0 Å².